The summed E-state index contributed by atoms with van der Waals surface area (Å²) in [5.74, 6) is 0. The minimum Gasteiger partial charge on any atom is -0.455 e. The predicted molar refractivity (Wildman–Crippen MR) is 270 cm³/mol. The average Bonchev–Trinajstić information content (AvgIpc) is 3.91. The first-order chi connectivity index (χ1) is 31.7. The van der Waals surface area contributed by atoms with Gasteiger partial charge in [0, 0.05) is 32.8 Å². The van der Waals surface area contributed by atoms with Crippen LogP contribution in [0.5, 0.6) is 0 Å². The van der Waals surface area contributed by atoms with E-state index in [1.165, 1.54) is 71.2 Å². The van der Waals surface area contributed by atoms with Crippen molar-refractivity contribution in [3.05, 3.63) is 237 Å². The van der Waals surface area contributed by atoms with Crippen LogP contribution in [0.2, 0.25) is 0 Å². The Balaban J connectivity index is 0.972. The fourth-order valence-corrected chi connectivity index (χ4v) is 10.3. The molecule has 0 unspecified atom stereocenters. The van der Waals surface area contributed by atoms with Crippen LogP contribution in [-0.2, 0) is 0 Å². The van der Waals surface area contributed by atoms with Gasteiger partial charge in [0.15, 0.2) is 0 Å². The molecule has 0 bridgehead atoms. The lowest BCUT2D eigenvalue weighted by Crippen LogP contribution is -1.95. The maximum atomic E-state index is 6.69. The van der Waals surface area contributed by atoms with Crippen LogP contribution in [0.15, 0.2) is 241 Å². The van der Waals surface area contributed by atoms with Crippen molar-refractivity contribution in [3.8, 4) is 61.3 Å². The zero-order chi connectivity index (χ0) is 42.1. The van der Waals surface area contributed by atoms with Gasteiger partial charge in [-0.15, -0.1) is 0 Å². The van der Waals surface area contributed by atoms with E-state index >= 15 is 0 Å². The summed E-state index contributed by atoms with van der Waals surface area (Å²) in [4.78, 5) is 0. The van der Waals surface area contributed by atoms with Crippen molar-refractivity contribution in [2.24, 2.45) is 0 Å². The first-order valence-electron chi connectivity index (χ1n) is 22.0. The van der Waals surface area contributed by atoms with Crippen molar-refractivity contribution >= 4 is 65.3 Å². The fraction of sp³-hybridized carbons (Fsp3) is 0. The molecule has 0 atom stereocenters. The highest BCUT2D eigenvalue weighted by molar-refractivity contribution is 6.22. The Labute approximate surface area is 370 Å². The van der Waals surface area contributed by atoms with E-state index in [0.29, 0.717) is 0 Å². The van der Waals surface area contributed by atoms with Gasteiger partial charge in [0.1, 0.15) is 11.2 Å². The molecule has 298 valence electrons. The van der Waals surface area contributed by atoms with Crippen molar-refractivity contribution in [2.75, 3.05) is 0 Å². The number of benzene rings is 11. The van der Waals surface area contributed by atoms with Crippen LogP contribution in [0, 0.1) is 0 Å². The van der Waals surface area contributed by atoms with Crippen LogP contribution in [0.1, 0.15) is 0 Å². The van der Waals surface area contributed by atoms with Gasteiger partial charge in [0.25, 0.3) is 0 Å². The lowest BCUT2D eigenvalue weighted by Gasteiger charge is -2.19. The number of hydrogen-bond donors (Lipinski definition) is 0. The maximum Gasteiger partial charge on any atom is 0.143 e. The summed E-state index contributed by atoms with van der Waals surface area (Å²) in [6, 6.07) is 85.9. The van der Waals surface area contributed by atoms with E-state index in [-0.39, 0.29) is 0 Å². The van der Waals surface area contributed by atoms with Gasteiger partial charge in [-0.1, -0.05) is 194 Å². The molecule has 13 rings (SSSR count). The number of hydrogen-bond acceptors (Lipinski definition) is 1. The maximum absolute atomic E-state index is 6.69. The molecule has 0 spiro atoms. The van der Waals surface area contributed by atoms with E-state index < -0.39 is 0 Å². The van der Waals surface area contributed by atoms with E-state index in [0.717, 1.165) is 55.4 Å². The molecule has 0 saturated heterocycles. The molecular weight excluding hydrogens is 775 g/mol. The summed E-state index contributed by atoms with van der Waals surface area (Å²) in [5, 5.41) is 9.71. The Morgan fingerprint density at radius 1 is 0.266 bits per heavy atom. The van der Waals surface area contributed by atoms with Gasteiger partial charge in [0.05, 0.1) is 11.0 Å². The topological polar surface area (TPSA) is 18.1 Å². The minimum atomic E-state index is 0.888. The van der Waals surface area contributed by atoms with Gasteiger partial charge in [-0.25, -0.2) is 0 Å². The molecule has 0 aliphatic heterocycles. The summed E-state index contributed by atoms with van der Waals surface area (Å²) in [5.41, 5.74) is 17.1. The third-order valence-corrected chi connectivity index (χ3v) is 13.2. The molecule has 64 heavy (non-hydrogen) atoms. The van der Waals surface area contributed by atoms with Crippen molar-refractivity contribution < 1.29 is 4.42 Å². The van der Waals surface area contributed by atoms with Gasteiger partial charge >= 0.3 is 0 Å². The summed E-state index contributed by atoms with van der Waals surface area (Å²) in [7, 11) is 0. The van der Waals surface area contributed by atoms with Gasteiger partial charge in [-0.05, 0) is 114 Å². The first kappa shape index (κ1) is 36.2. The number of nitrogens with zero attached hydrogens (tertiary/aromatic N) is 1. The van der Waals surface area contributed by atoms with Crippen molar-refractivity contribution in [1.82, 2.24) is 4.57 Å². The molecule has 0 saturated carbocycles. The molecule has 11 aromatic carbocycles. The second kappa shape index (κ2) is 14.6. The monoisotopic (exact) mass is 813 g/mol. The lowest BCUT2D eigenvalue weighted by molar-refractivity contribution is 0.670. The molecule has 2 nitrogen and oxygen atoms in total. The van der Waals surface area contributed by atoms with Crippen LogP contribution in [0.3, 0.4) is 0 Å². The number of fused-ring (bicyclic) bond motifs is 8. The number of para-hydroxylation sites is 2. The first-order valence-corrected chi connectivity index (χ1v) is 22.0. The normalized spacial score (nSPS) is 11.8. The van der Waals surface area contributed by atoms with E-state index in [4.69, 9.17) is 4.42 Å². The average molecular weight is 814 g/mol. The van der Waals surface area contributed by atoms with E-state index in [2.05, 4.69) is 241 Å². The molecule has 2 heteroatoms. The highest BCUT2D eigenvalue weighted by atomic mass is 16.3. The number of aromatic nitrogens is 1. The quantitative estimate of drug-likeness (QED) is 0.153. The lowest BCUT2D eigenvalue weighted by atomic mass is 9.85. The molecule has 13 aromatic rings. The molecule has 0 aliphatic rings. The van der Waals surface area contributed by atoms with Crippen molar-refractivity contribution in [2.45, 2.75) is 0 Å². The van der Waals surface area contributed by atoms with Crippen molar-refractivity contribution in [3.63, 3.8) is 0 Å². The smallest absolute Gasteiger partial charge is 0.143 e. The van der Waals surface area contributed by atoms with Crippen LogP contribution < -0.4 is 0 Å². The Kier molecular flexibility index (Phi) is 8.25. The fourth-order valence-electron chi connectivity index (χ4n) is 10.3. The molecule has 0 N–H and O–H groups in total. The third-order valence-electron chi connectivity index (χ3n) is 13.2. The zero-order valence-electron chi connectivity index (χ0n) is 34.9. The van der Waals surface area contributed by atoms with Gasteiger partial charge in [-0.3, -0.25) is 0 Å². The number of rotatable bonds is 6. The minimum absolute atomic E-state index is 0.888. The molecule has 2 aromatic heterocycles. The van der Waals surface area contributed by atoms with Crippen LogP contribution in [-0.4, -0.2) is 4.57 Å². The standard InChI is InChI=1S/C62H39NO/c1-4-16-40(17-5-1)48-27-15-28-55-51-34-31-46(39-59(51)64-62(48)55)45-30-33-50-49-24-12-13-29-57(49)63(58(50)38-45)47-23-14-22-43(36-47)44-32-35-54-56(37-44)61(42-20-8-3-9-21-42)53-26-11-10-25-52(53)60(54)41-18-6-2-7-19-41/h1-39H. The third kappa shape index (κ3) is 5.73. The van der Waals surface area contributed by atoms with Gasteiger partial charge < -0.3 is 8.98 Å². The van der Waals surface area contributed by atoms with Crippen LogP contribution in [0.25, 0.3) is 127 Å². The van der Waals surface area contributed by atoms with Crippen molar-refractivity contribution in [1.29, 1.82) is 0 Å². The largest absolute Gasteiger partial charge is 0.455 e. The second-order valence-corrected chi connectivity index (χ2v) is 16.8. The van der Waals surface area contributed by atoms with Gasteiger partial charge in [-0.2, -0.15) is 0 Å². The summed E-state index contributed by atoms with van der Waals surface area (Å²) >= 11 is 0. The molecule has 0 fully saturated rings. The van der Waals surface area contributed by atoms with Crippen LogP contribution in [0.4, 0.5) is 0 Å². The number of furan rings is 1. The highest BCUT2D eigenvalue weighted by Gasteiger charge is 2.19. The van der Waals surface area contributed by atoms with E-state index in [1.807, 2.05) is 0 Å². The van der Waals surface area contributed by atoms with Gasteiger partial charge in [0.2, 0.25) is 0 Å². The Morgan fingerprint density at radius 3 is 1.47 bits per heavy atom. The Bertz CT molecular complexity index is 3930. The van der Waals surface area contributed by atoms with E-state index in [1.54, 1.807) is 0 Å². The second-order valence-electron chi connectivity index (χ2n) is 16.8. The summed E-state index contributed by atoms with van der Waals surface area (Å²) in [6.07, 6.45) is 0. The summed E-state index contributed by atoms with van der Waals surface area (Å²) < 4.78 is 9.12. The molecule has 0 amide bonds. The highest BCUT2D eigenvalue weighted by Crippen LogP contribution is 2.45. The Hall–Kier alpha value is -8.46. The molecular formula is C62H39NO. The molecule has 0 radical (unpaired) electrons. The predicted octanol–water partition coefficient (Wildman–Crippen LogP) is 17.3. The zero-order valence-corrected chi connectivity index (χ0v) is 34.9. The van der Waals surface area contributed by atoms with E-state index in [9.17, 15) is 0 Å². The summed E-state index contributed by atoms with van der Waals surface area (Å²) in [6.45, 7) is 0. The molecule has 0 aliphatic carbocycles. The molecule has 2 heterocycles. The Morgan fingerprint density at radius 2 is 0.750 bits per heavy atom. The van der Waals surface area contributed by atoms with Crippen LogP contribution >= 0.6 is 0 Å². The SMILES string of the molecule is c1ccc(-c2c3ccccc3c(-c3ccccc3)c3cc(-c4cccc(-n5c6ccccc6c6ccc(-c7ccc8c(c7)oc7c(-c9ccccc9)cccc78)cc65)c4)ccc23)cc1.